The van der Waals surface area contributed by atoms with Gasteiger partial charge in [-0.3, -0.25) is 0 Å². The van der Waals surface area contributed by atoms with E-state index < -0.39 is 23.3 Å². The van der Waals surface area contributed by atoms with Crippen molar-refractivity contribution in [1.29, 1.82) is 0 Å². The van der Waals surface area contributed by atoms with Crippen molar-refractivity contribution in [3.63, 3.8) is 0 Å². The van der Waals surface area contributed by atoms with E-state index >= 15 is 0 Å². The van der Waals surface area contributed by atoms with Gasteiger partial charge in [-0.1, -0.05) is 6.07 Å². The lowest BCUT2D eigenvalue weighted by atomic mass is 9.86. The highest BCUT2D eigenvalue weighted by Crippen LogP contribution is 2.29. The second kappa shape index (κ2) is 5.64. The normalized spacial score (nSPS) is 15.8. The largest absolute Gasteiger partial charge is 0.381 e. The van der Waals surface area contributed by atoms with Gasteiger partial charge in [0.05, 0.1) is 6.54 Å². The first-order valence-electron chi connectivity index (χ1n) is 6.15. The Kier molecular flexibility index (Phi) is 4.10. The number of halogens is 2. The zero-order chi connectivity index (χ0) is 14.8. The molecule has 0 spiro atoms. The molecule has 2 aromatic rings. The summed E-state index contributed by atoms with van der Waals surface area (Å²) in [4.78, 5) is 3.79. The van der Waals surface area contributed by atoms with Crippen molar-refractivity contribution in [2.24, 2.45) is 0 Å². The van der Waals surface area contributed by atoms with Gasteiger partial charge in [-0.05, 0) is 20.0 Å². The van der Waals surface area contributed by atoms with Crippen molar-refractivity contribution in [1.82, 2.24) is 20.1 Å². The summed E-state index contributed by atoms with van der Waals surface area (Å²) in [6.45, 7) is 1.71. The van der Waals surface area contributed by atoms with E-state index in [2.05, 4.69) is 15.4 Å². The van der Waals surface area contributed by atoms with E-state index in [4.69, 9.17) is 0 Å². The van der Waals surface area contributed by atoms with Gasteiger partial charge in [0.15, 0.2) is 0 Å². The van der Waals surface area contributed by atoms with Crippen molar-refractivity contribution in [3.8, 4) is 0 Å². The Morgan fingerprint density at radius 2 is 2.20 bits per heavy atom. The molecule has 2 rings (SSSR count). The molecule has 0 saturated carbocycles. The molecule has 0 aliphatic carbocycles. The third-order valence-electron chi connectivity index (χ3n) is 3.42. The standard InChI is InChI=1S/C13H16F2N4O/c1-9(16-2)13(20,6-19-8-17-7-18-19)11-4-3-10(14)5-12(11)15/h3-5,7-9,16,20H,6H2,1-2H3/t9-,13-/m1/s1. The van der Waals surface area contributed by atoms with Gasteiger partial charge in [-0.25, -0.2) is 18.4 Å². The van der Waals surface area contributed by atoms with E-state index in [-0.39, 0.29) is 12.1 Å². The summed E-state index contributed by atoms with van der Waals surface area (Å²) in [6, 6.07) is 2.64. The molecule has 108 valence electrons. The number of hydrogen-bond donors (Lipinski definition) is 2. The predicted molar refractivity (Wildman–Crippen MR) is 68.8 cm³/mol. The van der Waals surface area contributed by atoms with Crippen LogP contribution in [0.4, 0.5) is 8.78 Å². The fraction of sp³-hybridized carbons (Fsp3) is 0.385. The van der Waals surface area contributed by atoms with Gasteiger partial charge in [0.2, 0.25) is 0 Å². The molecule has 0 radical (unpaired) electrons. The Balaban J connectivity index is 2.45. The highest BCUT2D eigenvalue weighted by Gasteiger charge is 2.38. The van der Waals surface area contributed by atoms with Crippen LogP contribution in [0, 0.1) is 11.6 Å². The number of likely N-dealkylation sites (N-methyl/N-ethyl adjacent to an activating group) is 1. The van der Waals surface area contributed by atoms with Crippen LogP contribution >= 0.6 is 0 Å². The van der Waals surface area contributed by atoms with Gasteiger partial charge < -0.3 is 10.4 Å². The van der Waals surface area contributed by atoms with Crippen molar-refractivity contribution in [2.45, 2.75) is 25.1 Å². The van der Waals surface area contributed by atoms with Crippen LogP contribution in [-0.4, -0.2) is 33.0 Å². The number of nitrogens with zero attached hydrogens (tertiary/aromatic N) is 3. The third kappa shape index (κ3) is 2.68. The maximum absolute atomic E-state index is 14.0. The van der Waals surface area contributed by atoms with Gasteiger partial charge in [-0.15, -0.1) is 0 Å². The number of aromatic nitrogens is 3. The second-order valence-corrected chi connectivity index (χ2v) is 4.65. The maximum Gasteiger partial charge on any atom is 0.137 e. The minimum Gasteiger partial charge on any atom is -0.381 e. The van der Waals surface area contributed by atoms with Gasteiger partial charge in [0.1, 0.15) is 29.9 Å². The van der Waals surface area contributed by atoms with Crippen molar-refractivity contribution < 1.29 is 13.9 Å². The SMILES string of the molecule is CN[C@H](C)[C@](O)(Cn1cncn1)c1ccc(F)cc1F. The summed E-state index contributed by atoms with van der Waals surface area (Å²) < 4.78 is 28.4. The number of benzene rings is 1. The molecule has 0 aliphatic heterocycles. The maximum atomic E-state index is 14.0. The minimum absolute atomic E-state index is 0.00242. The second-order valence-electron chi connectivity index (χ2n) is 4.65. The van der Waals surface area contributed by atoms with Crippen LogP contribution in [-0.2, 0) is 12.1 Å². The molecule has 0 unspecified atom stereocenters. The van der Waals surface area contributed by atoms with Crippen LogP contribution in [0.3, 0.4) is 0 Å². The van der Waals surface area contributed by atoms with E-state index in [9.17, 15) is 13.9 Å². The molecule has 1 aromatic heterocycles. The van der Waals surface area contributed by atoms with Gasteiger partial charge in [0.25, 0.3) is 0 Å². The van der Waals surface area contributed by atoms with Crippen LogP contribution in [0.2, 0.25) is 0 Å². The number of hydrogen-bond acceptors (Lipinski definition) is 4. The summed E-state index contributed by atoms with van der Waals surface area (Å²) in [5, 5.41) is 17.7. The highest BCUT2D eigenvalue weighted by molar-refractivity contribution is 5.26. The number of rotatable bonds is 5. The highest BCUT2D eigenvalue weighted by atomic mass is 19.1. The average Bonchev–Trinajstić information content (AvgIpc) is 2.90. The quantitative estimate of drug-likeness (QED) is 0.860. The first kappa shape index (κ1) is 14.5. The summed E-state index contributed by atoms with van der Waals surface area (Å²) in [6.07, 6.45) is 2.75. The zero-order valence-electron chi connectivity index (χ0n) is 11.2. The van der Waals surface area contributed by atoms with Crippen molar-refractivity contribution in [3.05, 3.63) is 48.1 Å². The summed E-state index contributed by atoms with van der Waals surface area (Å²) >= 11 is 0. The summed E-state index contributed by atoms with van der Waals surface area (Å²) in [5.74, 6) is -1.49. The molecule has 0 saturated heterocycles. The fourth-order valence-electron chi connectivity index (χ4n) is 2.10. The first-order chi connectivity index (χ1) is 9.47. The van der Waals surface area contributed by atoms with Crippen molar-refractivity contribution in [2.75, 3.05) is 7.05 Å². The lowest BCUT2D eigenvalue weighted by molar-refractivity contribution is -0.0178. The zero-order valence-corrected chi connectivity index (χ0v) is 11.2. The minimum atomic E-state index is -1.58. The van der Waals surface area contributed by atoms with Gasteiger partial charge in [0, 0.05) is 17.7 Å². The molecule has 2 atom stereocenters. The molecular weight excluding hydrogens is 266 g/mol. The fourth-order valence-corrected chi connectivity index (χ4v) is 2.10. The molecule has 20 heavy (non-hydrogen) atoms. The number of aliphatic hydroxyl groups is 1. The van der Waals surface area contributed by atoms with Gasteiger partial charge >= 0.3 is 0 Å². The molecule has 0 amide bonds. The van der Waals surface area contributed by atoms with Crippen LogP contribution in [0.25, 0.3) is 0 Å². The first-order valence-corrected chi connectivity index (χ1v) is 6.15. The van der Waals surface area contributed by atoms with Crippen LogP contribution < -0.4 is 5.32 Å². The van der Waals surface area contributed by atoms with Crippen LogP contribution in [0.15, 0.2) is 30.9 Å². The Morgan fingerprint density at radius 3 is 2.75 bits per heavy atom. The topological polar surface area (TPSA) is 63.0 Å². The monoisotopic (exact) mass is 282 g/mol. The molecule has 0 aliphatic rings. The molecule has 1 aromatic carbocycles. The van der Waals surface area contributed by atoms with E-state index in [1.807, 2.05) is 0 Å². The van der Waals surface area contributed by atoms with Crippen LogP contribution in [0.5, 0.6) is 0 Å². The molecule has 1 heterocycles. The van der Waals surface area contributed by atoms with Crippen molar-refractivity contribution >= 4 is 0 Å². The third-order valence-corrected chi connectivity index (χ3v) is 3.42. The van der Waals surface area contributed by atoms with Crippen LogP contribution in [0.1, 0.15) is 12.5 Å². The van der Waals surface area contributed by atoms with E-state index in [1.54, 1.807) is 14.0 Å². The van der Waals surface area contributed by atoms with Gasteiger partial charge in [-0.2, -0.15) is 5.10 Å². The molecule has 0 fully saturated rings. The molecule has 5 nitrogen and oxygen atoms in total. The average molecular weight is 282 g/mol. The van der Waals surface area contributed by atoms with E-state index in [0.717, 1.165) is 12.1 Å². The number of nitrogens with one attached hydrogen (secondary N) is 1. The Labute approximate surface area is 115 Å². The lowest BCUT2D eigenvalue weighted by Gasteiger charge is -2.34. The summed E-state index contributed by atoms with van der Waals surface area (Å²) in [5.41, 5.74) is -1.57. The molecule has 0 bridgehead atoms. The summed E-state index contributed by atoms with van der Waals surface area (Å²) in [7, 11) is 1.65. The van der Waals surface area contributed by atoms with E-state index in [1.165, 1.54) is 23.4 Å². The molecule has 7 heteroatoms. The predicted octanol–water partition coefficient (Wildman–Crippen LogP) is 1.05. The Bertz CT molecular complexity index is 576. The Hall–Kier alpha value is -1.86. The lowest BCUT2D eigenvalue weighted by Crippen LogP contribution is -2.48. The Morgan fingerprint density at radius 1 is 1.45 bits per heavy atom. The molecular formula is C13H16F2N4O. The van der Waals surface area contributed by atoms with E-state index in [0.29, 0.717) is 0 Å². The smallest absolute Gasteiger partial charge is 0.137 e. The molecule has 2 N–H and O–H groups in total.